The number of carbonyl (C=O) groups is 1. The van der Waals surface area contributed by atoms with Gasteiger partial charge in [0.1, 0.15) is 18.3 Å². The van der Waals surface area contributed by atoms with E-state index in [0.717, 1.165) is 0 Å². The number of hydrogen-bond donors (Lipinski definition) is 5. The summed E-state index contributed by atoms with van der Waals surface area (Å²) in [5.74, 6) is -1.14. The summed E-state index contributed by atoms with van der Waals surface area (Å²) in [5.41, 5.74) is 0. The van der Waals surface area contributed by atoms with Crippen molar-refractivity contribution in [2.45, 2.75) is 30.5 Å². The van der Waals surface area contributed by atoms with Gasteiger partial charge in [0.05, 0.1) is 6.61 Å². The second kappa shape index (κ2) is 4.20. The number of esters is 1. The van der Waals surface area contributed by atoms with Gasteiger partial charge in [0.15, 0.2) is 12.2 Å². The molecule has 1 rings (SSSR count). The molecule has 82 valence electrons. The van der Waals surface area contributed by atoms with E-state index >= 15 is 0 Å². The van der Waals surface area contributed by atoms with Crippen LogP contribution in [-0.4, -0.2) is 68.6 Å². The van der Waals surface area contributed by atoms with Crippen LogP contribution in [0, 0.1) is 0 Å². The molecule has 1 aliphatic heterocycles. The summed E-state index contributed by atoms with van der Waals surface area (Å²) >= 11 is 0. The van der Waals surface area contributed by atoms with Gasteiger partial charge in [-0.25, -0.2) is 4.79 Å². The highest BCUT2D eigenvalue weighted by Crippen LogP contribution is 2.19. The zero-order chi connectivity index (χ0) is 10.9. The number of cyclic esters (lactones) is 1. The third-order valence-electron chi connectivity index (χ3n) is 2.07. The van der Waals surface area contributed by atoms with Crippen LogP contribution in [0.15, 0.2) is 0 Å². The first kappa shape index (κ1) is 11.3. The molecule has 7 nitrogen and oxygen atoms in total. The van der Waals surface area contributed by atoms with Crippen molar-refractivity contribution in [1.82, 2.24) is 0 Å². The largest absolute Gasteiger partial charge is 0.455 e. The highest BCUT2D eigenvalue weighted by Gasteiger charge is 2.46. The molecule has 5 N–H and O–H groups in total. The van der Waals surface area contributed by atoms with Gasteiger partial charge in [-0.15, -0.1) is 0 Å². The molecule has 1 aliphatic rings. The summed E-state index contributed by atoms with van der Waals surface area (Å²) in [6.45, 7) is -0.724. The number of ether oxygens (including phenoxy) is 1. The van der Waals surface area contributed by atoms with E-state index in [1.165, 1.54) is 0 Å². The van der Waals surface area contributed by atoms with E-state index < -0.39 is 43.1 Å². The van der Waals surface area contributed by atoms with Crippen LogP contribution in [0.1, 0.15) is 0 Å². The number of hydrogen-bond acceptors (Lipinski definition) is 7. The molecule has 0 amide bonds. The fourth-order valence-electron chi connectivity index (χ4n) is 1.20. The van der Waals surface area contributed by atoms with Gasteiger partial charge in [0, 0.05) is 0 Å². The monoisotopic (exact) mass is 208 g/mol. The minimum Gasteiger partial charge on any atom is -0.455 e. The minimum atomic E-state index is -1.83. The Balaban J connectivity index is 2.75. The van der Waals surface area contributed by atoms with E-state index in [4.69, 9.17) is 20.4 Å². The van der Waals surface area contributed by atoms with Gasteiger partial charge < -0.3 is 30.3 Å². The third-order valence-corrected chi connectivity index (χ3v) is 2.07. The molecule has 0 radical (unpaired) electrons. The molecule has 0 aromatic carbocycles. The fourth-order valence-corrected chi connectivity index (χ4v) is 1.20. The first-order valence-electron chi connectivity index (χ1n) is 4.02. The maximum atomic E-state index is 10.8. The molecule has 14 heavy (non-hydrogen) atoms. The predicted octanol–water partition coefficient (Wildman–Crippen LogP) is -3.65. The van der Waals surface area contributed by atoms with Crippen molar-refractivity contribution < 1.29 is 35.1 Å². The Kier molecular flexibility index (Phi) is 3.40. The minimum absolute atomic E-state index is 0.724. The van der Waals surface area contributed by atoms with Gasteiger partial charge >= 0.3 is 5.97 Å². The Hall–Kier alpha value is -0.730. The van der Waals surface area contributed by atoms with Gasteiger partial charge in [0.25, 0.3) is 0 Å². The standard InChI is InChI=1S/C7H12O7/c8-1-2(9)6-4(11)3(10)5(12)7(13)14-6/h2-6,8-12H,1H2/t2-,3+,4+,5-,6-/m1/s1. The average Bonchev–Trinajstić information content (AvgIpc) is 2.19. The summed E-state index contributed by atoms with van der Waals surface area (Å²) in [4.78, 5) is 10.8. The van der Waals surface area contributed by atoms with Crippen molar-refractivity contribution in [3.8, 4) is 0 Å². The summed E-state index contributed by atoms with van der Waals surface area (Å²) in [5, 5.41) is 45.0. The van der Waals surface area contributed by atoms with Crippen molar-refractivity contribution >= 4 is 5.97 Å². The second-order valence-electron chi connectivity index (χ2n) is 3.08. The van der Waals surface area contributed by atoms with E-state index in [1.807, 2.05) is 0 Å². The topological polar surface area (TPSA) is 127 Å². The van der Waals surface area contributed by atoms with Gasteiger partial charge in [0.2, 0.25) is 0 Å². The van der Waals surface area contributed by atoms with Gasteiger partial charge in [-0.3, -0.25) is 0 Å². The lowest BCUT2D eigenvalue weighted by atomic mass is 9.96. The molecule has 0 bridgehead atoms. The summed E-state index contributed by atoms with van der Waals surface area (Å²) in [7, 11) is 0. The van der Waals surface area contributed by atoms with Crippen LogP contribution < -0.4 is 0 Å². The quantitative estimate of drug-likeness (QED) is 0.296. The van der Waals surface area contributed by atoms with Gasteiger partial charge in [-0.05, 0) is 0 Å². The fraction of sp³-hybridized carbons (Fsp3) is 0.857. The number of rotatable bonds is 2. The smallest absolute Gasteiger partial charge is 0.338 e. The van der Waals surface area contributed by atoms with Crippen LogP contribution >= 0.6 is 0 Å². The zero-order valence-electron chi connectivity index (χ0n) is 7.15. The van der Waals surface area contributed by atoms with Crippen LogP contribution in [0.2, 0.25) is 0 Å². The second-order valence-corrected chi connectivity index (χ2v) is 3.08. The third kappa shape index (κ3) is 1.86. The molecule has 1 fully saturated rings. The lowest BCUT2D eigenvalue weighted by Gasteiger charge is -2.35. The van der Waals surface area contributed by atoms with Crippen molar-refractivity contribution in [1.29, 1.82) is 0 Å². The molecular formula is C7H12O7. The SMILES string of the molecule is O=C1O[C@H]([C@H](O)CO)[C@@H](O)[C@H](O)[C@H]1O. The van der Waals surface area contributed by atoms with Crippen LogP contribution in [0.3, 0.4) is 0 Å². The number of carbonyl (C=O) groups excluding carboxylic acids is 1. The maximum absolute atomic E-state index is 10.8. The Morgan fingerprint density at radius 2 is 1.86 bits per heavy atom. The first-order chi connectivity index (χ1) is 6.49. The van der Waals surface area contributed by atoms with Crippen LogP contribution in [0.25, 0.3) is 0 Å². The van der Waals surface area contributed by atoms with E-state index in [9.17, 15) is 9.90 Å². The molecule has 0 saturated carbocycles. The van der Waals surface area contributed by atoms with Gasteiger partial charge in [-0.2, -0.15) is 0 Å². The molecule has 0 aliphatic carbocycles. The van der Waals surface area contributed by atoms with Crippen LogP contribution in [0.5, 0.6) is 0 Å². The summed E-state index contributed by atoms with van der Waals surface area (Å²) in [6.07, 6.45) is -8.08. The molecule has 0 aromatic heterocycles. The van der Waals surface area contributed by atoms with Crippen molar-refractivity contribution in [2.75, 3.05) is 6.61 Å². The Morgan fingerprint density at radius 1 is 1.29 bits per heavy atom. The lowest BCUT2D eigenvalue weighted by Crippen LogP contribution is -2.59. The van der Waals surface area contributed by atoms with Crippen LogP contribution in [0.4, 0.5) is 0 Å². The maximum Gasteiger partial charge on any atom is 0.338 e. The molecular weight excluding hydrogens is 196 g/mol. The highest BCUT2D eigenvalue weighted by atomic mass is 16.6. The predicted molar refractivity (Wildman–Crippen MR) is 41.0 cm³/mol. The molecule has 1 heterocycles. The normalized spacial score (nSPS) is 40.5. The number of aliphatic hydroxyl groups is 5. The van der Waals surface area contributed by atoms with Gasteiger partial charge in [-0.1, -0.05) is 0 Å². The van der Waals surface area contributed by atoms with Crippen molar-refractivity contribution in [3.63, 3.8) is 0 Å². The number of aliphatic hydroxyl groups excluding tert-OH is 5. The van der Waals surface area contributed by atoms with E-state index in [1.54, 1.807) is 0 Å². The van der Waals surface area contributed by atoms with Crippen LogP contribution in [-0.2, 0) is 9.53 Å². The Labute approximate surface area is 79.2 Å². The molecule has 1 saturated heterocycles. The first-order valence-corrected chi connectivity index (χ1v) is 4.02. The lowest BCUT2D eigenvalue weighted by molar-refractivity contribution is -0.217. The molecule has 0 aromatic rings. The van der Waals surface area contributed by atoms with E-state index in [0.29, 0.717) is 0 Å². The average molecular weight is 208 g/mol. The van der Waals surface area contributed by atoms with Crippen molar-refractivity contribution in [2.24, 2.45) is 0 Å². The van der Waals surface area contributed by atoms with Crippen molar-refractivity contribution in [3.05, 3.63) is 0 Å². The highest BCUT2D eigenvalue weighted by molar-refractivity contribution is 5.76. The Morgan fingerprint density at radius 3 is 2.36 bits per heavy atom. The molecule has 0 unspecified atom stereocenters. The summed E-state index contributed by atoms with van der Waals surface area (Å²) in [6, 6.07) is 0. The molecule has 7 heteroatoms. The van der Waals surface area contributed by atoms with E-state index in [-0.39, 0.29) is 0 Å². The zero-order valence-corrected chi connectivity index (χ0v) is 7.15. The Bertz CT molecular complexity index is 218. The summed E-state index contributed by atoms with van der Waals surface area (Å²) < 4.78 is 4.43. The molecule has 0 spiro atoms. The van der Waals surface area contributed by atoms with E-state index in [2.05, 4.69) is 4.74 Å². The molecule has 5 atom stereocenters.